The van der Waals surface area contributed by atoms with Crippen LogP contribution in [-0.2, 0) is 4.79 Å². The average molecular weight is 448 g/mol. The van der Waals surface area contributed by atoms with Gasteiger partial charge in [0.15, 0.2) is 6.61 Å². The van der Waals surface area contributed by atoms with Gasteiger partial charge >= 0.3 is 0 Å². The highest BCUT2D eigenvalue weighted by Crippen LogP contribution is 2.32. The number of ether oxygens (including phenoxy) is 1. The van der Waals surface area contributed by atoms with Gasteiger partial charge in [0.25, 0.3) is 5.91 Å². The summed E-state index contributed by atoms with van der Waals surface area (Å²) in [6.07, 6.45) is 0. The van der Waals surface area contributed by atoms with E-state index in [4.69, 9.17) is 16.3 Å². The maximum Gasteiger partial charge on any atom is 0.262 e. The van der Waals surface area contributed by atoms with Crippen LogP contribution in [-0.4, -0.2) is 12.5 Å². The first-order chi connectivity index (χ1) is 10.4. The number of rotatable bonds is 4. The number of aryl methyl sites for hydroxylation is 2. The summed E-state index contributed by atoms with van der Waals surface area (Å²) >= 11 is 12.8. The molecule has 22 heavy (non-hydrogen) atoms. The van der Waals surface area contributed by atoms with Crippen molar-refractivity contribution in [1.29, 1.82) is 0 Å². The Morgan fingerprint density at radius 3 is 2.59 bits per heavy atom. The standard InChI is InChI=1S/C16H14Br2ClNO2/c1-9-3-4-12(19)7-14(9)20-15(21)8-22-16-10(2)5-11(17)6-13(16)18/h3-7H,8H2,1-2H3,(H,20,21). The van der Waals surface area contributed by atoms with Crippen LogP contribution in [0.2, 0.25) is 5.02 Å². The van der Waals surface area contributed by atoms with Crippen molar-refractivity contribution < 1.29 is 9.53 Å². The Kier molecular flexibility index (Phi) is 5.89. The van der Waals surface area contributed by atoms with Gasteiger partial charge in [-0.15, -0.1) is 0 Å². The van der Waals surface area contributed by atoms with E-state index in [1.807, 2.05) is 32.0 Å². The van der Waals surface area contributed by atoms with Crippen molar-refractivity contribution >= 4 is 55.1 Å². The van der Waals surface area contributed by atoms with Crippen molar-refractivity contribution in [2.75, 3.05) is 11.9 Å². The van der Waals surface area contributed by atoms with Gasteiger partial charge in [-0.05, 0) is 65.2 Å². The minimum Gasteiger partial charge on any atom is -0.482 e. The molecule has 0 aliphatic heterocycles. The molecular weight excluding hydrogens is 433 g/mol. The predicted molar refractivity (Wildman–Crippen MR) is 96.9 cm³/mol. The quantitative estimate of drug-likeness (QED) is 0.672. The van der Waals surface area contributed by atoms with E-state index in [1.54, 1.807) is 12.1 Å². The summed E-state index contributed by atoms with van der Waals surface area (Å²) in [4.78, 5) is 12.0. The number of hydrogen-bond acceptors (Lipinski definition) is 2. The Balaban J connectivity index is 2.03. The molecule has 3 nitrogen and oxygen atoms in total. The Bertz CT molecular complexity index is 696. The first kappa shape index (κ1) is 17.3. The van der Waals surface area contributed by atoms with E-state index in [0.29, 0.717) is 16.5 Å². The molecule has 0 saturated heterocycles. The third-order valence-electron chi connectivity index (χ3n) is 3.02. The van der Waals surface area contributed by atoms with Crippen LogP contribution in [0.25, 0.3) is 0 Å². The van der Waals surface area contributed by atoms with Crippen molar-refractivity contribution in [1.82, 2.24) is 0 Å². The fourth-order valence-electron chi connectivity index (χ4n) is 1.92. The van der Waals surface area contributed by atoms with E-state index in [9.17, 15) is 4.79 Å². The van der Waals surface area contributed by atoms with Gasteiger partial charge in [0, 0.05) is 15.2 Å². The molecule has 0 heterocycles. The second kappa shape index (κ2) is 7.49. The summed E-state index contributed by atoms with van der Waals surface area (Å²) in [7, 11) is 0. The summed E-state index contributed by atoms with van der Waals surface area (Å²) in [6, 6.07) is 9.16. The number of anilines is 1. The topological polar surface area (TPSA) is 38.3 Å². The molecule has 6 heteroatoms. The lowest BCUT2D eigenvalue weighted by Crippen LogP contribution is -2.21. The highest BCUT2D eigenvalue weighted by molar-refractivity contribution is 9.11. The second-order valence-electron chi connectivity index (χ2n) is 4.83. The van der Waals surface area contributed by atoms with Crippen LogP contribution >= 0.6 is 43.5 Å². The van der Waals surface area contributed by atoms with E-state index < -0.39 is 0 Å². The van der Waals surface area contributed by atoms with Gasteiger partial charge in [-0.3, -0.25) is 4.79 Å². The van der Waals surface area contributed by atoms with Gasteiger partial charge in [-0.25, -0.2) is 0 Å². The summed E-state index contributed by atoms with van der Waals surface area (Å²) in [5.41, 5.74) is 2.57. The zero-order chi connectivity index (χ0) is 16.3. The van der Waals surface area contributed by atoms with E-state index in [-0.39, 0.29) is 12.5 Å². The summed E-state index contributed by atoms with van der Waals surface area (Å²) in [6.45, 7) is 3.75. The fourth-order valence-corrected chi connectivity index (χ4v) is 3.65. The number of carbonyl (C=O) groups excluding carboxylic acids is 1. The lowest BCUT2D eigenvalue weighted by molar-refractivity contribution is -0.118. The molecule has 0 atom stereocenters. The van der Waals surface area contributed by atoms with Crippen LogP contribution in [0.15, 0.2) is 39.3 Å². The molecule has 0 unspecified atom stereocenters. The highest BCUT2D eigenvalue weighted by atomic mass is 79.9. The van der Waals surface area contributed by atoms with Crippen LogP contribution < -0.4 is 10.1 Å². The number of amides is 1. The van der Waals surface area contributed by atoms with Crippen LogP contribution in [0.4, 0.5) is 5.69 Å². The van der Waals surface area contributed by atoms with Gasteiger partial charge in [0.05, 0.1) is 4.47 Å². The minimum atomic E-state index is -0.236. The molecule has 0 aliphatic carbocycles. The molecule has 0 fully saturated rings. The molecule has 0 spiro atoms. The van der Waals surface area contributed by atoms with E-state index in [1.165, 1.54) is 0 Å². The van der Waals surface area contributed by atoms with Gasteiger partial charge in [0.1, 0.15) is 5.75 Å². The molecule has 116 valence electrons. The molecule has 2 rings (SSSR count). The maximum absolute atomic E-state index is 12.0. The smallest absolute Gasteiger partial charge is 0.262 e. The molecule has 0 saturated carbocycles. The average Bonchev–Trinajstić information content (AvgIpc) is 2.41. The number of hydrogen-bond donors (Lipinski definition) is 1. The Labute approximate surface area is 151 Å². The van der Waals surface area contributed by atoms with Gasteiger partial charge in [-0.2, -0.15) is 0 Å². The van der Waals surface area contributed by atoms with Gasteiger partial charge < -0.3 is 10.1 Å². The van der Waals surface area contributed by atoms with E-state index in [2.05, 4.69) is 37.2 Å². The predicted octanol–water partition coefficient (Wildman–Crippen LogP) is 5.50. The summed E-state index contributed by atoms with van der Waals surface area (Å²) in [5.74, 6) is 0.417. The SMILES string of the molecule is Cc1ccc(Cl)cc1NC(=O)COc1c(C)cc(Br)cc1Br. The second-order valence-corrected chi connectivity index (χ2v) is 7.04. The number of halogens is 3. The molecule has 2 aromatic carbocycles. The molecular formula is C16H14Br2ClNO2. The molecule has 1 N–H and O–H groups in total. The molecule has 0 bridgehead atoms. The monoisotopic (exact) mass is 445 g/mol. The Morgan fingerprint density at radius 1 is 1.18 bits per heavy atom. The largest absolute Gasteiger partial charge is 0.482 e. The summed E-state index contributed by atoms with van der Waals surface area (Å²) < 4.78 is 7.36. The van der Waals surface area contributed by atoms with Crippen LogP contribution in [0.1, 0.15) is 11.1 Å². The lowest BCUT2D eigenvalue weighted by atomic mass is 10.2. The molecule has 0 aliphatic rings. The Morgan fingerprint density at radius 2 is 1.91 bits per heavy atom. The van der Waals surface area contributed by atoms with Gasteiger partial charge in [0.2, 0.25) is 0 Å². The van der Waals surface area contributed by atoms with E-state index in [0.717, 1.165) is 20.1 Å². The van der Waals surface area contributed by atoms with Gasteiger partial charge in [-0.1, -0.05) is 33.6 Å². The van der Waals surface area contributed by atoms with Crippen molar-refractivity contribution in [2.24, 2.45) is 0 Å². The lowest BCUT2D eigenvalue weighted by Gasteiger charge is -2.13. The number of benzene rings is 2. The molecule has 1 amide bonds. The minimum absolute atomic E-state index is 0.0764. The van der Waals surface area contributed by atoms with E-state index >= 15 is 0 Å². The van der Waals surface area contributed by atoms with Crippen molar-refractivity contribution in [2.45, 2.75) is 13.8 Å². The first-order valence-corrected chi connectivity index (χ1v) is 8.47. The number of carbonyl (C=O) groups is 1. The summed E-state index contributed by atoms with van der Waals surface area (Å²) in [5, 5.41) is 3.38. The van der Waals surface area contributed by atoms with Crippen molar-refractivity contribution in [3.63, 3.8) is 0 Å². The van der Waals surface area contributed by atoms with Crippen LogP contribution in [0.3, 0.4) is 0 Å². The van der Waals surface area contributed by atoms with Crippen molar-refractivity contribution in [3.05, 3.63) is 55.4 Å². The third kappa shape index (κ3) is 4.48. The van der Waals surface area contributed by atoms with Crippen LogP contribution in [0, 0.1) is 13.8 Å². The zero-order valence-electron chi connectivity index (χ0n) is 12.0. The first-order valence-electron chi connectivity index (χ1n) is 6.51. The molecule has 0 radical (unpaired) electrons. The fraction of sp³-hybridized carbons (Fsp3) is 0.188. The van der Waals surface area contributed by atoms with Crippen molar-refractivity contribution in [3.8, 4) is 5.75 Å². The third-order valence-corrected chi connectivity index (χ3v) is 4.30. The number of nitrogens with one attached hydrogen (secondary N) is 1. The maximum atomic E-state index is 12.0. The Hall–Kier alpha value is -1.04. The zero-order valence-corrected chi connectivity index (χ0v) is 16.0. The van der Waals surface area contributed by atoms with Crippen LogP contribution in [0.5, 0.6) is 5.75 Å². The highest BCUT2D eigenvalue weighted by Gasteiger charge is 2.11. The molecule has 0 aromatic heterocycles. The molecule has 2 aromatic rings. The normalized spacial score (nSPS) is 10.4.